The smallest absolute Gasteiger partial charge is 0.309 e. The van der Waals surface area contributed by atoms with Gasteiger partial charge in [-0.1, -0.05) is 12.1 Å². The van der Waals surface area contributed by atoms with Crippen molar-refractivity contribution in [2.75, 3.05) is 19.4 Å². The summed E-state index contributed by atoms with van der Waals surface area (Å²) in [4.78, 5) is 4.07. The number of nitrogens with zero attached hydrogens (tertiary/aromatic N) is 2. The molecule has 0 spiro atoms. The number of aromatic nitrogens is 1. The average molecular weight is 318 g/mol. The number of fused-ring (bicyclic) bond motifs is 1. The van der Waals surface area contributed by atoms with Crippen LogP contribution in [0.4, 0.5) is 0 Å². The molecule has 0 N–H and O–H groups in total. The average Bonchev–Trinajstić information content (AvgIpc) is 2.52. The van der Waals surface area contributed by atoms with Crippen LogP contribution in [0.15, 0.2) is 30.5 Å². The minimum absolute atomic E-state index is 0.322. The summed E-state index contributed by atoms with van der Waals surface area (Å²) in [6.07, 6.45) is 2.51. The van der Waals surface area contributed by atoms with Gasteiger partial charge in [-0.2, -0.15) is 5.26 Å². The zero-order valence-corrected chi connectivity index (χ0v) is 13.7. The van der Waals surface area contributed by atoms with E-state index in [9.17, 15) is 4.57 Å². The Morgan fingerprint density at radius 1 is 1.23 bits per heavy atom. The molecule has 0 amide bonds. The normalized spacial score (nSPS) is 11.5. The Bertz CT molecular complexity index is 730. The van der Waals surface area contributed by atoms with Crippen molar-refractivity contribution in [1.82, 2.24) is 4.98 Å². The maximum absolute atomic E-state index is 12.5. The number of hydrogen-bond acceptors (Lipinski definition) is 5. The van der Waals surface area contributed by atoms with E-state index in [-0.39, 0.29) is 0 Å². The zero-order valence-electron chi connectivity index (χ0n) is 12.8. The fourth-order valence-electron chi connectivity index (χ4n) is 2.29. The Balaban J connectivity index is 2.21. The van der Waals surface area contributed by atoms with Crippen molar-refractivity contribution in [3.05, 3.63) is 41.7 Å². The van der Waals surface area contributed by atoms with Crippen molar-refractivity contribution in [2.24, 2.45) is 0 Å². The second-order valence-electron chi connectivity index (χ2n) is 4.75. The quantitative estimate of drug-likeness (QED) is 0.724. The number of hydrogen-bond donors (Lipinski definition) is 0. The molecule has 5 nitrogen and oxygen atoms in total. The van der Waals surface area contributed by atoms with E-state index < -0.39 is 7.60 Å². The third kappa shape index (κ3) is 3.92. The third-order valence-electron chi connectivity index (χ3n) is 3.26. The Labute approximate surface area is 130 Å². The van der Waals surface area contributed by atoms with Gasteiger partial charge >= 0.3 is 7.60 Å². The van der Waals surface area contributed by atoms with Crippen LogP contribution >= 0.6 is 7.60 Å². The highest BCUT2D eigenvalue weighted by atomic mass is 31.2. The van der Waals surface area contributed by atoms with Crippen molar-refractivity contribution in [1.29, 1.82) is 5.26 Å². The zero-order chi connectivity index (χ0) is 16.0. The predicted octanol–water partition coefficient (Wildman–Crippen LogP) is 3.92. The van der Waals surface area contributed by atoms with E-state index in [0.29, 0.717) is 31.5 Å². The largest absolute Gasteiger partial charge is 0.330 e. The molecule has 0 aliphatic carbocycles. The maximum atomic E-state index is 12.5. The summed E-state index contributed by atoms with van der Waals surface area (Å²) >= 11 is 0. The molecule has 1 heterocycles. The van der Waals surface area contributed by atoms with Crippen LogP contribution in [-0.4, -0.2) is 24.4 Å². The first-order valence-corrected chi connectivity index (χ1v) is 9.00. The summed E-state index contributed by atoms with van der Waals surface area (Å²) < 4.78 is 23.0. The summed E-state index contributed by atoms with van der Waals surface area (Å²) in [7, 11) is -3.04. The van der Waals surface area contributed by atoms with Gasteiger partial charge in [0.05, 0.1) is 19.4 Å². The monoisotopic (exact) mass is 318 g/mol. The van der Waals surface area contributed by atoms with E-state index in [2.05, 4.69) is 11.1 Å². The predicted molar refractivity (Wildman–Crippen MR) is 85.9 cm³/mol. The summed E-state index contributed by atoms with van der Waals surface area (Å²) in [6, 6.07) is 9.79. The third-order valence-corrected chi connectivity index (χ3v) is 5.34. The van der Waals surface area contributed by atoms with Crippen LogP contribution in [-0.2, 0) is 20.0 Å². The molecule has 0 radical (unpaired) electrons. The number of nitriles is 1. The van der Waals surface area contributed by atoms with Crippen molar-refractivity contribution < 1.29 is 13.6 Å². The topological polar surface area (TPSA) is 72.2 Å². The number of rotatable bonds is 7. The van der Waals surface area contributed by atoms with E-state index in [1.807, 2.05) is 24.3 Å². The first kappa shape index (κ1) is 16.6. The van der Waals surface area contributed by atoms with Crippen LogP contribution in [0.5, 0.6) is 0 Å². The van der Waals surface area contributed by atoms with Crippen molar-refractivity contribution in [3.63, 3.8) is 0 Å². The standard InChI is InChI=1S/C16H19N2O3P/c1-3-20-22(19,21-4-2)10-8-13-5-6-14-7-9-18-16(12-17)15(14)11-13/h5-7,9,11H,3-4,8,10H2,1-2H3. The molecule has 1 aromatic carbocycles. The maximum Gasteiger partial charge on any atom is 0.330 e. The minimum Gasteiger partial charge on any atom is -0.309 e. The lowest BCUT2D eigenvalue weighted by Crippen LogP contribution is -2.03. The van der Waals surface area contributed by atoms with Gasteiger partial charge in [0.25, 0.3) is 0 Å². The highest BCUT2D eigenvalue weighted by Gasteiger charge is 2.23. The van der Waals surface area contributed by atoms with Gasteiger partial charge in [-0.15, -0.1) is 0 Å². The van der Waals surface area contributed by atoms with Crippen LogP contribution in [0, 0.1) is 11.3 Å². The van der Waals surface area contributed by atoms with Crippen LogP contribution in [0.25, 0.3) is 10.8 Å². The Kier molecular flexibility index (Phi) is 5.68. The Morgan fingerprint density at radius 2 is 1.95 bits per heavy atom. The van der Waals surface area contributed by atoms with E-state index in [0.717, 1.165) is 16.3 Å². The highest BCUT2D eigenvalue weighted by Crippen LogP contribution is 2.48. The molecule has 0 atom stereocenters. The molecule has 6 heteroatoms. The fraction of sp³-hybridized carbons (Fsp3) is 0.375. The van der Waals surface area contributed by atoms with Crippen LogP contribution in [0.1, 0.15) is 25.1 Å². The SMILES string of the molecule is CCOP(=O)(CCc1ccc2ccnc(C#N)c2c1)OCC. The lowest BCUT2D eigenvalue weighted by molar-refractivity contribution is 0.220. The van der Waals surface area contributed by atoms with Crippen molar-refractivity contribution in [3.8, 4) is 6.07 Å². The van der Waals surface area contributed by atoms with Gasteiger partial charge in [0.15, 0.2) is 0 Å². The molecule has 0 fully saturated rings. The molecule has 116 valence electrons. The van der Waals surface area contributed by atoms with Gasteiger partial charge in [-0.05, 0) is 43.4 Å². The number of benzene rings is 1. The lowest BCUT2D eigenvalue weighted by atomic mass is 10.1. The molecular formula is C16H19N2O3P. The lowest BCUT2D eigenvalue weighted by Gasteiger charge is -2.16. The number of aryl methyl sites for hydroxylation is 1. The van der Waals surface area contributed by atoms with Crippen LogP contribution in [0.2, 0.25) is 0 Å². The van der Waals surface area contributed by atoms with E-state index >= 15 is 0 Å². The van der Waals surface area contributed by atoms with Gasteiger partial charge in [0.2, 0.25) is 0 Å². The molecule has 0 unspecified atom stereocenters. The van der Waals surface area contributed by atoms with Gasteiger partial charge in [-0.3, -0.25) is 4.57 Å². The molecule has 2 rings (SSSR count). The molecule has 22 heavy (non-hydrogen) atoms. The van der Waals surface area contributed by atoms with Gasteiger partial charge in [0, 0.05) is 11.6 Å². The van der Waals surface area contributed by atoms with E-state index in [1.54, 1.807) is 20.0 Å². The molecule has 0 aliphatic rings. The second kappa shape index (κ2) is 7.51. The molecule has 0 aliphatic heterocycles. The molecule has 0 saturated carbocycles. The summed E-state index contributed by atoms with van der Waals surface area (Å²) in [5, 5.41) is 10.9. The summed E-state index contributed by atoms with van der Waals surface area (Å²) in [5.74, 6) is 0. The second-order valence-corrected chi connectivity index (χ2v) is 6.93. The van der Waals surface area contributed by atoms with E-state index in [4.69, 9.17) is 14.3 Å². The van der Waals surface area contributed by atoms with Gasteiger partial charge in [-0.25, -0.2) is 4.98 Å². The Morgan fingerprint density at radius 3 is 2.59 bits per heavy atom. The van der Waals surface area contributed by atoms with E-state index in [1.165, 1.54) is 0 Å². The van der Waals surface area contributed by atoms with Gasteiger partial charge in [0.1, 0.15) is 11.8 Å². The van der Waals surface area contributed by atoms with Crippen LogP contribution < -0.4 is 0 Å². The van der Waals surface area contributed by atoms with Crippen LogP contribution in [0.3, 0.4) is 0 Å². The van der Waals surface area contributed by atoms with Gasteiger partial charge < -0.3 is 9.05 Å². The molecule has 0 bridgehead atoms. The summed E-state index contributed by atoms with van der Waals surface area (Å²) in [6.45, 7) is 4.31. The van der Waals surface area contributed by atoms with Crippen molar-refractivity contribution >= 4 is 18.4 Å². The van der Waals surface area contributed by atoms with Crippen molar-refractivity contribution in [2.45, 2.75) is 20.3 Å². The first-order chi connectivity index (χ1) is 10.6. The number of pyridine rings is 1. The molecule has 1 aromatic heterocycles. The molecule has 0 saturated heterocycles. The minimum atomic E-state index is -3.04. The molecular weight excluding hydrogens is 299 g/mol. The summed E-state index contributed by atoms with van der Waals surface area (Å²) in [5.41, 5.74) is 1.38. The highest BCUT2D eigenvalue weighted by molar-refractivity contribution is 7.53. The first-order valence-electron chi connectivity index (χ1n) is 7.27. The molecule has 2 aromatic rings. The fourth-order valence-corrected chi connectivity index (χ4v) is 3.94. The Hall–Kier alpha value is -1.73.